The van der Waals surface area contributed by atoms with Gasteiger partial charge < -0.3 is 4.90 Å². The Hall–Kier alpha value is -1.63. The lowest BCUT2D eigenvalue weighted by atomic mass is 10.1. The number of halogens is 4. The molecule has 7 heteroatoms. The molecule has 1 aliphatic rings. The number of amides is 1. The van der Waals surface area contributed by atoms with Crippen LogP contribution in [0.4, 0.5) is 17.6 Å². The molecule has 1 fully saturated rings. The van der Waals surface area contributed by atoms with Gasteiger partial charge in [0.1, 0.15) is 18.5 Å². The lowest BCUT2D eigenvalue weighted by Crippen LogP contribution is -2.38. The van der Waals surface area contributed by atoms with Crippen molar-refractivity contribution >= 4 is 5.91 Å². The minimum atomic E-state index is -4.47. The molecule has 1 N–H and O–H groups in total. The summed E-state index contributed by atoms with van der Waals surface area (Å²) in [5.74, 6) is -1.06. The molecule has 2 atom stereocenters. The van der Waals surface area contributed by atoms with Crippen molar-refractivity contribution in [1.29, 1.82) is 0 Å². The molecule has 1 amide bonds. The number of nitrogens with one attached hydrogen (secondary N) is 1. The summed E-state index contributed by atoms with van der Waals surface area (Å²) in [7, 11) is 0. The molecule has 1 aromatic carbocycles. The van der Waals surface area contributed by atoms with Gasteiger partial charge in [0.2, 0.25) is 5.91 Å². The number of rotatable bonds is 3. The van der Waals surface area contributed by atoms with Gasteiger partial charge in [-0.1, -0.05) is 19.1 Å². The Balaban J connectivity index is 2.28. The number of benzene rings is 1. The summed E-state index contributed by atoms with van der Waals surface area (Å²) in [6, 6.07) is 4.43. The van der Waals surface area contributed by atoms with Crippen LogP contribution in [0.5, 0.6) is 0 Å². The molecule has 1 aliphatic heterocycles. The molecular formula is C13H14F4N2O. The number of hydrogen-bond donors (Lipinski definition) is 1. The molecule has 0 aromatic heterocycles. The van der Waals surface area contributed by atoms with Gasteiger partial charge in [-0.25, -0.2) is 4.39 Å². The van der Waals surface area contributed by atoms with Gasteiger partial charge in [-0.05, 0) is 24.1 Å². The smallest absolute Gasteiger partial charge is 0.312 e. The Morgan fingerprint density at radius 3 is 2.35 bits per heavy atom. The normalized spacial score (nSPS) is 23.4. The van der Waals surface area contributed by atoms with Crippen molar-refractivity contribution in [2.24, 2.45) is 0 Å². The number of alkyl halides is 3. The quantitative estimate of drug-likeness (QED) is 0.868. The summed E-state index contributed by atoms with van der Waals surface area (Å²) in [6.45, 7) is 0.395. The van der Waals surface area contributed by atoms with E-state index in [0.29, 0.717) is 12.0 Å². The maximum Gasteiger partial charge on any atom is 0.406 e. The summed E-state index contributed by atoms with van der Waals surface area (Å²) in [6.07, 6.45) is -4.96. The van der Waals surface area contributed by atoms with Crippen LogP contribution in [-0.4, -0.2) is 29.6 Å². The van der Waals surface area contributed by atoms with Gasteiger partial charge in [-0.15, -0.1) is 0 Å². The molecule has 20 heavy (non-hydrogen) atoms. The van der Waals surface area contributed by atoms with E-state index in [2.05, 4.69) is 5.32 Å². The third-order valence-electron chi connectivity index (χ3n) is 3.20. The first-order valence-corrected chi connectivity index (χ1v) is 6.20. The Bertz CT molecular complexity index is 486. The second kappa shape index (κ2) is 5.40. The van der Waals surface area contributed by atoms with Crippen LogP contribution in [0, 0.1) is 5.82 Å². The fourth-order valence-electron chi connectivity index (χ4n) is 2.26. The first-order chi connectivity index (χ1) is 9.31. The van der Waals surface area contributed by atoms with Crippen LogP contribution in [0.1, 0.15) is 25.1 Å². The highest BCUT2D eigenvalue weighted by Gasteiger charge is 2.44. The van der Waals surface area contributed by atoms with Crippen LogP contribution >= 0.6 is 0 Å². The Kier molecular flexibility index (Phi) is 3.99. The zero-order valence-corrected chi connectivity index (χ0v) is 10.7. The van der Waals surface area contributed by atoms with Crippen molar-refractivity contribution in [3.05, 3.63) is 35.6 Å². The summed E-state index contributed by atoms with van der Waals surface area (Å²) in [4.78, 5) is 12.7. The standard InChI is InChI=1S/C13H14F4N2O/c1-2-10-12(20)19(7-13(15,16)17)11(18-10)8-3-5-9(14)6-4-8/h3-6,10-11,18H,2,7H2,1H3. The van der Waals surface area contributed by atoms with Gasteiger partial charge in [0.25, 0.3) is 0 Å². The fraction of sp³-hybridized carbons (Fsp3) is 0.462. The summed E-state index contributed by atoms with van der Waals surface area (Å²) in [5.41, 5.74) is 0.431. The molecule has 0 aliphatic carbocycles. The van der Waals surface area contributed by atoms with Crippen molar-refractivity contribution < 1.29 is 22.4 Å². The van der Waals surface area contributed by atoms with E-state index in [1.54, 1.807) is 6.92 Å². The van der Waals surface area contributed by atoms with Crippen molar-refractivity contribution in [3.63, 3.8) is 0 Å². The minimum absolute atomic E-state index is 0.394. The lowest BCUT2D eigenvalue weighted by molar-refractivity contribution is -0.161. The molecule has 110 valence electrons. The minimum Gasteiger partial charge on any atom is -0.312 e. The molecular weight excluding hydrogens is 276 g/mol. The first-order valence-electron chi connectivity index (χ1n) is 6.20. The molecule has 2 rings (SSSR count). The highest BCUT2D eigenvalue weighted by Crippen LogP contribution is 2.30. The van der Waals surface area contributed by atoms with E-state index < -0.39 is 36.7 Å². The second-order valence-electron chi connectivity index (χ2n) is 4.66. The monoisotopic (exact) mass is 290 g/mol. The van der Waals surface area contributed by atoms with Gasteiger partial charge >= 0.3 is 6.18 Å². The van der Waals surface area contributed by atoms with Gasteiger partial charge in [0.15, 0.2) is 0 Å². The molecule has 1 aromatic rings. The third kappa shape index (κ3) is 3.09. The van der Waals surface area contributed by atoms with Gasteiger partial charge in [-0.3, -0.25) is 10.1 Å². The van der Waals surface area contributed by atoms with Crippen molar-refractivity contribution in [3.8, 4) is 0 Å². The molecule has 1 heterocycles. The van der Waals surface area contributed by atoms with E-state index in [1.165, 1.54) is 12.1 Å². The van der Waals surface area contributed by atoms with Crippen molar-refractivity contribution in [2.45, 2.75) is 31.7 Å². The topological polar surface area (TPSA) is 32.3 Å². The summed E-state index contributed by atoms with van der Waals surface area (Å²) < 4.78 is 50.6. The van der Waals surface area contributed by atoms with E-state index in [9.17, 15) is 22.4 Å². The molecule has 0 radical (unpaired) electrons. The predicted molar refractivity (Wildman–Crippen MR) is 64.1 cm³/mol. The number of nitrogens with zero attached hydrogens (tertiary/aromatic N) is 1. The summed E-state index contributed by atoms with van der Waals surface area (Å²) in [5, 5.41) is 2.85. The average molecular weight is 290 g/mol. The molecule has 0 spiro atoms. The maximum absolute atomic E-state index is 12.9. The van der Waals surface area contributed by atoms with Crippen LogP contribution in [0.3, 0.4) is 0 Å². The van der Waals surface area contributed by atoms with E-state index in [4.69, 9.17) is 0 Å². The number of carbonyl (C=O) groups excluding carboxylic acids is 1. The number of carbonyl (C=O) groups is 1. The Morgan fingerprint density at radius 1 is 1.25 bits per heavy atom. The number of hydrogen-bond acceptors (Lipinski definition) is 2. The van der Waals surface area contributed by atoms with E-state index in [-0.39, 0.29) is 0 Å². The van der Waals surface area contributed by atoms with Crippen molar-refractivity contribution in [2.75, 3.05) is 6.54 Å². The van der Waals surface area contributed by atoms with Gasteiger partial charge in [0, 0.05) is 0 Å². The van der Waals surface area contributed by atoms with Crippen LogP contribution in [0.25, 0.3) is 0 Å². The lowest BCUT2D eigenvalue weighted by Gasteiger charge is -2.25. The molecule has 1 saturated heterocycles. The highest BCUT2D eigenvalue weighted by molar-refractivity contribution is 5.84. The largest absolute Gasteiger partial charge is 0.406 e. The van der Waals surface area contributed by atoms with E-state index >= 15 is 0 Å². The summed E-state index contributed by atoms with van der Waals surface area (Å²) >= 11 is 0. The third-order valence-corrected chi connectivity index (χ3v) is 3.20. The van der Waals surface area contributed by atoms with Crippen LogP contribution in [0.15, 0.2) is 24.3 Å². The SMILES string of the molecule is CCC1NC(c2ccc(F)cc2)N(CC(F)(F)F)C1=O. The van der Waals surface area contributed by atoms with Crippen LogP contribution in [0.2, 0.25) is 0 Å². The zero-order chi connectivity index (χ0) is 14.9. The van der Waals surface area contributed by atoms with Crippen LogP contribution in [-0.2, 0) is 4.79 Å². The van der Waals surface area contributed by atoms with Crippen molar-refractivity contribution in [1.82, 2.24) is 10.2 Å². The second-order valence-corrected chi connectivity index (χ2v) is 4.66. The van der Waals surface area contributed by atoms with E-state index in [0.717, 1.165) is 17.0 Å². The Labute approximate surface area is 113 Å². The van der Waals surface area contributed by atoms with Crippen LogP contribution < -0.4 is 5.32 Å². The molecule has 3 nitrogen and oxygen atoms in total. The maximum atomic E-state index is 12.9. The molecule has 2 unspecified atom stereocenters. The zero-order valence-electron chi connectivity index (χ0n) is 10.7. The Morgan fingerprint density at radius 2 is 1.85 bits per heavy atom. The van der Waals surface area contributed by atoms with E-state index in [1.807, 2.05) is 0 Å². The fourth-order valence-corrected chi connectivity index (χ4v) is 2.26. The molecule has 0 saturated carbocycles. The highest BCUT2D eigenvalue weighted by atomic mass is 19.4. The molecule has 0 bridgehead atoms. The van der Waals surface area contributed by atoms with Gasteiger partial charge in [0.05, 0.1) is 6.04 Å². The average Bonchev–Trinajstić information content (AvgIpc) is 2.66. The first kappa shape index (κ1) is 14.8. The van der Waals surface area contributed by atoms with Gasteiger partial charge in [-0.2, -0.15) is 13.2 Å². The predicted octanol–water partition coefficient (Wildman–Crippen LogP) is 2.60.